The van der Waals surface area contributed by atoms with Crippen molar-refractivity contribution in [2.45, 2.75) is 72.1 Å². The molecule has 24 heavy (non-hydrogen) atoms. The Labute approximate surface area is 146 Å². The molecule has 0 radical (unpaired) electrons. The minimum absolute atomic E-state index is 0.0127. The summed E-state index contributed by atoms with van der Waals surface area (Å²) in [5.74, 6) is 0.786. The number of carbonyl (C=O) groups excluding carboxylic acids is 1. The number of hydrogen-bond donors (Lipinski definition) is 1. The monoisotopic (exact) mass is 332 g/mol. The van der Waals surface area contributed by atoms with Crippen LogP contribution in [0.5, 0.6) is 5.75 Å². The smallest absolute Gasteiger partial charge is 0.261 e. The van der Waals surface area contributed by atoms with E-state index in [1.165, 1.54) is 11.1 Å². The summed E-state index contributed by atoms with van der Waals surface area (Å²) < 4.78 is 5.94. The van der Waals surface area contributed by atoms with Crippen molar-refractivity contribution in [3.63, 3.8) is 0 Å². The third-order valence-corrected chi connectivity index (χ3v) is 5.03. The third-order valence-electron chi connectivity index (χ3n) is 5.03. The molecule has 0 bridgehead atoms. The third kappa shape index (κ3) is 4.97. The van der Waals surface area contributed by atoms with Crippen molar-refractivity contribution in [1.82, 2.24) is 10.2 Å². The van der Waals surface area contributed by atoms with Crippen molar-refractivity contribution in [2.75, 3.05) is 13.1 Å². The zero-order valence-electron chi connectivity index (χ0n) is 15.8. The fraction of sp³-hybridized carbons (Fsp3) is 0.650. The van der Waals surface area contributed by atoms with E-state index in [0.717, 1.165) is 31.7 Å². The molecule has 1 aromatic rings. The maximum absolute atomic E-state index is 12.6. The van der Waals surface area contributed by atoms with Crippen molar-refractivity contribution in [1.29, 1.82) is 0 Å². The molecule has 2 rings (SSSR count). The number of piperidine rings is 1. The Hall–Kier alpha value is -1.55. The fourth-order valence-electron chi connectivity index (χ4n) is 3.13. The molecular weight excluding hydrogens is 300 g/mol. The van der Waals surface area contributed by atoms with E-state index in [4.69, 9.17) is 4.74 Å². The molecule has 0 aromatic heterocycles. The molecule has 0 aliphatic carbocycles. The van der Waals surface area contributed by atoms with Crippen molar-refractivity contribution >= 4 is 5.91 Å². The van der Waals surface area contributed by atoms with E-state index in [9.17, 15) is 4.79 Å². The summed E-state index contributed by atoms with van der Waals surface area (Å²) in [6.45, 7) is 12.7. The van der Waals surface area contributed by atoms with Crippen LogP contribution in [0.25, 0.3) is 0 Å². The van der Waals surface area contributed by atoms with Crippen LogP contribution in [-0.2, 0) is 4.79 Å². The highest BCUT2D eigenvalue weighted by Crippen LogP contribution is 2.19. The maximum atomic E-state index is 12.6. The van der Waals surface area contributed by atoms with E-state index in [0.29, 0.717) is 12.5 Å². The van der Waals surface area contributed by atoms with Crippen LogP contribution in [0, 0.1) is 13.8 Å². The van der Waals surface area contributed by atoms with Crippen molar-refractivity contribution in [3.8, 4) is 5.75 Å². The molecule has 1 heterocycles. The predicted octanol–water partition coefficient (Wildman–Crippen LogP) is 3.45. The number of amides is 1. The van der Waals surface area contributed by atoms with Gasteiger partial charge >= 0.3 is 0 Å². The second kappa shape index (κ2) is 8.52. The van der Waals surface area contributed by atoms with E-state index in [2.05, 4.69) is 37.9 Å². The van der Waals surface area contributed by atoms with Gasteiger partial charge in [0.05, 0.1) is 0 Å². The quantitative estimate of drug-likeness (QED) is 0.867. The van der Waals surface area contributed by atoms with E-state index in [1.807, 2.05) is 25.1 Å². The van der Waals surface area contributed by atoms with Gasteiger partial charge in [-0.15, -0.1) is 0 Å². The van der Waals surface area contributed by atoms with E-state index in [-0.39, 0.29) is 11.9 Å². The number of nitrogens with one attached hydrogen (secondary N) is 1. The highest BCUT2D eigenvalue weighted by molar-refractivity contribution is 5.81. The molecule has 1 aliphatic rings. The van der Waals surface area contributed by atoms with Gasteiger partial charge in [0.15, 0.2) is 6.10 Å². The number of ether oxygens (including phenoxy) is 1. The van der Waals surface area contributed by atoms with Gasteiger partial charge in [-0.05, 0) is 70.2 Å². The lowest BCUT2D eigenvalue weighted by atomic mass is 10.0. The molecule has 1 aromatic carbocycles. The lowest BCUT2D eigenvalue weighted by Gasteiger charge is -2.35. The largest absolute Gasteiger partial charge is 0.481 e. The highest BCUT2D eigenvalue weighted by Gasteiger charge is 2.25. The van der Waals surface area contributed by atoms with Gasteiger partial charge in [-0.2, -0.15) is 0 Å². The topological polar surface area (TPSA) is 41.6 Å². The predicted molar refractivity (Wildman–Crippen MR) is 98.5 cm³/mol. The van der Waals surface area contributed by atoms with Gasteiger partial charge in [0.25, 0.3) is 5.91 Å². The second-order valence-electron chi connectivity index (χ2n) is 7.17. The van der Waals surface area contributed by atoms with Crippen LogP contribution >= 0.6 is 0 Å². The standard InChI is InChI=1S/C20H32N2O2/c1-6-19(24-18-8-7-15(4)16(5)13-18)20(23)21-17-9-11-22(12-10-17)14(2)3/h7-8,13-14,17,19H,6,9-12H2,1-5H3,(H,21,23). The molecule has 1 atom stereocenters. The van der Waals surface area contributed by atoms with Crippen molar-refractivity contribution in [3.05, 3.63) is 29.3 Å². The first-order valence-corrected chi connectivity index (χ1v) is 9.19. The Morgan fingerprint density at radius 2 is 1.92 bits per heavy atom. The zero-order chi connectivity index (χ0) is 17.7. The van der Waals surface area contributed by atoms with E-state index in [1.54, 1.807) is 0 Å². The van der Waals surface area contributed by atoms with Crippen LogP contribution in [0.4, 0.5) is 0 Å². The second-order valence-corrected chi connectivity index (χ2v) is 7.17. The van der Waals surface area contributed by atoms with Gasteiger partial charge in [-0.3, -0.25) is 4.79 Å². The van der Waals surface area contributed by atoms with Gasteiger partial charge < -0.3 is 15.0 Å². The first-order chi connectivity index (χ1) is 11.4. The number of nitrogens with zero attached hydrogens (tertiary/aromatic N) is 1. The summed E-state index contributed by atoms with van der Waals surface area (Å²) in [6.07, 6.45) is 2.28. The molecule has 1 saturated heterocycles. The van der Waals surface area contributed by atoms with Crippen LogP contribution in [0.2, 0.25) is 0 Å². The molecule has 134 valence electrons. The molecule has 1 unspecified atom stereocenters. The summed E-state index contributed by atoms with van der Waals surface area (Å²) >= 11 is 0. The number of carbonyl (C=O) groups is 1. The Balaban J connectivity index is 1.88. The van der Waals surface area contributed by atoms with Gasteiger partial charge in [0.1, 0.15) is 5.75 Å². The first kappa shape index (κ1) is 18.8. The van der Waals surface area contributed by atoms with Gasteiger partial charge in [0.2, 0.25) is 0 Å². The number of aryl methyl sites for hydroxylation is 2. The Bertz CT molecular complexity index is 549. The molecule has 1 N–H and O–H groups in total. The van der Waals surface area contributed by atoms with Crippen LogP contribution in [0.15, 0.2) is 18.2 Å². The molecule has 4 nitrogen and oxygen atoms in total. The molecule has 0 spiro atoms. The Kier molecular flexibility index (Phi) is 6.67. The molecule has 4 heteroatoms. The highest BCUT2D eigenvalue weighted by atomic mass is 16.5. The van der Waals surface area contributed by atoms with Crippen LogP contribution < -0.4 is 10.1 Å². The molecule has 0 saturated carbocycles. The zero-order valence-corrected chi connectivity index (χ0v) is 15.8. The molecule has 1 aliphatic heterocycles. The lowest BCUT2D eigenvalue weighted by molar-refractivity contribution is -0.129. The molecule has 1 amide bonds. The first-order valence-electron chi connectivity index (χ1n) is 9.19. The van der Waals surface area contributed by atoms with Crippen LogP contribution in [0.1, 0.15) is 51.2 Å². The summed E-state index contributed by atoms with van der Waals surface area (Å²) in [5, 5.41) is 3.18. The maximum Gasteiger partial charge on any atom is 0.261 e. The Morgan fingerprint density at radius 3 is 2.46 bits per heavy atom. The average Bonchev–Trinajstić information content (AvgIpc) is 2.56. The molecule has 1 fully saturated rings. The Morgan fingerprint density at radius 1 is 1.25 bits per heavy atom. The minimum Gasteiger partial charge on any atom is -0.481 e. The van der Waals surface area contributed by atoms with E-state index >= 15 is 0 Å². The molecular formula is C20H32N2O2. The number of rotatable bonds is 6. The fourth-order valence-corrected chi connectivity index (χ4v) is 3.13. The summed E-state index contributed by atoms with van der Waals surface area (Å²) in [4.78, 5) is 15.0. The number of hydrogen-bond acceptors (Lipinski definition) is 3. The summed E-state index contributed by atoms with van der Waals surface area (Å²) in [6, 6.07) is 6.84. The summed E-state index contributed by atoms with van der Waals surface area (Å²) in [5.41, 5.74) is 2.42. The van der Waals surface area contributed by atoms with Gasteiger partial charge in [-0.1, -0.05) is 13.0 Å². The van der Waals surface area contributed by atoms with Crippen LogP contribution in [-0.4, -0.2) is 42.1 Å². The SMILES string of the molecule is CCC(Oc1ccc(C)c(C)c1)C(=O)NC1CCN(C(C)C)CC1. The van der Waals surface area contributed by atoms with Crippen LogP contribution in [0.3, 0.4) is 0 Å². The number of likely N-dealkylation sites (tertiary alicyclic amines) is 1. The normalized spacial score (nSPS) is 17.8. The lowest BCUT2D eigenvalue weighted by Crippen LogP contribution is -2.49. The number of benzene rings is 1. The van der Waals surface area contributed by atoms with Gasteiger partial charge in [0, 0.05) is 25.2 Å². The van der Waals surface area contributed by atoms with E-state index < -0.39 is 6.10 Å². The van der Waals surface area contributed by atoms with Crippen molar-refractivity contribution in [2.24, 2.45) is 0 Å². The van der Waals surface area contributed by atoms with Gasteiger partial charge in [-0.25, -0.2) is 0 Å². The van der Waals surface area contributed by atoms with Crippen molar-refractivity contribution < 1.29 is 9.53 Å². The summed E-state index contributed by atoms with van der Waals surface area (Å²) in [7, 11) is 0. The average molecular weight is 332 g/mol. The minimum atomic E-state index is -0.421.